The van der Waals surface area contributed by atoms with Gasteiger partial charge in [-0.1, -0.05) is 25.0 Å². The molecular formula is C15H23Cl2NO. The standard InChI is InChI=1S/C15H22ClNO.ClH/c16-13-14-5-7-15(8-6-14)18-12-11-17-9-3-1-2-4-10-17;/h5-8H,1-4,9-13H2;1H. The lowest BCUT2D eigenvalue weighted by Crippen LogP contribution is -2.29. The number of hydrogen-bond donors (Lipinski definition) is 0. The first-order valence-electron chi connectivity index (χ1n) is 6.88. The molecular weight excluding hydrogens is 281 g/mol. The molecule has 0 spiro atoms. The van der Waals surface area contributed by atoms with Gasteiger partial charge in [0.25, 0.3) is 0 Å². The molecule has 0 saturated carbocycles. The molecule has 0 radical (unpaired) electrons. The second kappa shape index (κ2) is 9.46. The predicted octanol–water partition coefficient (Wildman–Crippen LogP) is 4.10. The van der Waals surface area contributed by atoms with Gasteiger partial charge < -0.3 is 4.74 Å². The Morgan fingerprint density at radius 2 is 1.63 bits per heavy atom. The molecule has 108 valence electrons. The van der Waals surface area contributed by atoms with E-state index in [1.165, 1.54) is 38.8 Å². The highest BCUT2D eigenvalue weighted by molar-refractivity contribution is 6.17. The molecule has 19 heavy (non-hydrogen) atoms. The number of alkyl halides is 1. The minimum Gasteiger partial charge on any atom is -0.492 e. The molecule has 2 nitrogen and oxygen atoms in total. The minimum atomic E-state index is 0. The summed E-state index contributed by atoms with van der Waals surface area (Å²) >= 11 is 5.75. The molecule has 1 heterocycles. The maximum Gasteiger partial charge on any atom is 0.119 e. The number of hydrogen-bond acceptors (Lipinski definition) is 2. The summed E-state index contributed by atoms with van der Waals surface area (Å²) in [6.07, 6.45) is 5.45. The van der Waals surface area contributed by atoms with Crippen LogP contribution >= 0.6 is 24.0 Å². The third kappa shape index (κ3) is 6.03. The lowest BCUT2D eigenvalue weighted by molar-refractivity contribution is 0.214. The van der Waals surface area contributed by atoms with Gasteiger partial charge in [-0.15, -0.1) is 24.0 Å². The summed E-state index contributed by atoms with van der Waals surface area (Å²) in [6.45, 7) is 4.28. The first kappa shape index (κ1) is 16.6. The fraction of sp³-hybridized carbons (Fsp3) is 0.600. The smallest absolute Gasteiger partial charge is 0.119 e. The summed E-state index contributed by atoms with van der Waals surface area (Å²) in [7, 11) is 0. The Labute approximate surface area is 127 Å². The summed E-state index contributed by atoms with van der Waals surface area (Å²) in [5.41, 5.74) is 1.14. The Morgan fingerprint density at radius 3 is 2.21 bits per heavy atom. The van der Waals surface area contributed by atoms with Crippen molar-refractivity contribution in [3.8, 4) is 5.75 Å². The van der Waals surface area contributed by atoms with Crippen LogP contribution in [0.2, 0.25) is 0 Å². The number of rotatable bonds is 5. The third-order valence-corrected chi connectivity index (χ3v) is 3.76. The van der Waals surface area contributed by atoms with Gasteiger partial charge in [0.05, 0.1) is 0 Å². The van der Waals surface area contributed by atoms with Crippen LogP contribution in [0.4, 0.5) is 0 Å². The molecule has 0 amide bonds. The van der Waals surface area contributed by atoms with E-state index >= 15 is 0 Å². The van der Waals surface area contributed by atoms with E-state index in [9.17, 15) is 0 Å². The predicted molar refractivity (Wildman–Crippen MR) is 83.7 cm³/mol. The summed E-state index contributed by atoms with van der Waals surface area (Å²) in [4.78, 5) is 2.51. The zero-order valence-electron chi connectivity index (χ0n) is 11.3. The van der Waals surface area contributed by atoms with Gasteiger partial charge in [0.15, 0.2) is 0 Å². The van der Waals surface area contributed by atoms with Crippen LogP contribution in [0, 0.1) is 0 Å². The normalized spacial score (nSPS) is 16.5. The molecule has 1 aliphatic rings. The van der Waals surface area contributed by atoms with Crippen LogP contribution in [0.15, 0.2) is 24.3 Å². The number of halogens is 2. The maximum atomic E-state index is 5.76. The van der Waals surface area contributed by atoms with Crippen LogP contribution in [-0.4, -0.2) is 31.1 Å². The Morgan fingerprint density at radius 1 is 1.00 bits per heavy atom. The molecule has 1 aliphatic heterocycles. The highest BCUT2D eigenvalue weighted by Crippen LogP contribution is 2.14. The van der Waals surface area contributed by atoms with Crippen molar-refractivity contribution in [2.24, 2.45) is 0 Å². The molecule has 0 aliphatic carbocycles. The van der Waals surface area contributed by atoms with Crippen molar-refractivity contribution in [1.82, 2.24) is 4.90 Å². The molecule has 0 atom stereocenters. The number of ether oxygens (including phenoxy) is 1. The highest BCUT2D eigenvalue weighted by atomic mass is 35.5. The van der Waals surface area contributed by atoms with E-state index in [0.717, 1.165) is 24.5 Å². The molecule has 1 fully saturated rings. The van der Waals surface area contributed by atoms with Crippen LogP contribution in [0.25, 0.3) is 0 Å². The van der Waals surface area contributed by atoms with E-state index < -0.39 is 0 Å². The molecule has 0 unspecified atom stereocenters. The van der Waals surface area contributed by atoms with E-state index in [4.69, 9.17) is 16.3 Å². The average molecular weight is 304 g/mol. The molecule has 1 aromatic carbocycles. The van der Waals surface area contributed by atoms with Crippen molar-refractivity contribution in [3.05, 3.63) is 29.8 Å². The van der Waals surface area contributed by atoms with Crippen molar-refractivity contribution in [2.75, 3.05) is 26.2 Å². The maximum absolute atomic E-state index is 5.76. The van der Waals surface area contributed by atoms with Crippen LogP contribution in [0.5, 0.6) is 5.75 Å². The summed E-state index contributed by atoms with van der Waals surface area (Å²) in [6, 6.07) is 8.04. The zero-order valence-corrected chi connectivity index (χ0v) is 12.9. The lowest BCUT2D eigenvalue weighted by atomic mass is 10.2. The van der Waals surface area contributed by atoms with Gasteiger partial charge in [0.1, 0.15) is 12.4 Å². The van der Waals surface area contributed by atoms with Crippen LogP contribution in [-0.2, 0) is 5.88 Å². The summed E-state index contributed by atoms with van der Waals surface area (Å²) in [5, 5.41) is 0. The van der Waals surface area contributed by atoms with Gasteiger partial charge in [0.2, 0.25) is 0 Å². The van der Waals surface area contributed by atoms with Crippen LogP contribution < -0.4 is 4.74 Å². The Bertz CT molecular complexity index is 335. The molecule has 0 N–H and O–H groups in total. The molecule has 1 saturated heterocycles. The molecule has 0 bridgehead atoms. The molecule has 2 rings (SSSR count). The Balaban J connectivity index is 0.00000180. The SMILES string of the molecule is Cl.ClCc1ccc(OCCN2CCCCCC2)cc1. The number of nitrogens with zero attached hydrogens (tertiary/aromatic N) is 1. The van der Waals surface area contributed by atoms with Gasteiger partial charge in [-0.3, -0.25) is 4.90 Å². The lowest BCUT2D eigenvalue weighted by Gasteiger charge is -2.19. The van der Waals surface area contributed by atoms with Gasteiger partial charge in [-0.05, 0) is 43.6 Å². The number of likely N-dealkylation sites (tertiary alicyclic amines) is 1. The quantitative estimate of drug-likeness (QED) is 0.759. The highest BCUT2D eigenvalue weighted by Gasteiger charge is 2.08. The monoisotopic (exact) mass is 303 g/mol. The van der Waals surface area contributed by atoms with Crippen LogP contribution in [0.1, 0.15) is 31.2 Å². The zero-order chi connectivity index (χ0) is 12.6. The van der Waals surface area contributed by atoms with E-state index in [0.29, 0.717) is 5.88 Å². The van der Waals surface area contributed by atoms with E-state index in [2.05, 4.69) is 4.90 Å². The fourth-order valence-corrected chi connectivity index (χ4v) is 2.51. The van der Waals surface area contributed by atoms with E-state index in [1.54, 1.807) is 0 Å². The number of benzene rings is 1. The van der Waals surface area contributed by atoms with Crippen molar-refractivity contribution < 1.29 is 4.74 Å². The van der Waals surface area contributed by atoms with Crippen LogP contribution in [0.3, 0.4) is 0 Å². The van der Waals surface area contributed by atoms with Crippen molar-refractivity contribution >= 4 is 24.0 Å². The van der Waals surface area contributed by atoms with Gasteiger partial charge >= 0.3 is 0 Å². The Hall–Kier alpha value is -0.440. The molecule has 0 aromatic heterocycles. The molecule has 4 heteroatoms. The minimum absolute atomic E-state index is 0. The third-order valence-electron chi connectivity index (χ3n) is 3.45. The van der Waals surface area contributed by atoms with Gasteiger partial charge in [-0.25, -0.2) is 0 Å². The Kier molecular flexibility index (Phi) is 8.27. The van der Waals surface area contributed by atoms with Crippen molar-refractivity contribution in [3.63, 3.8) is 0 Å². The second-order valence-corrected chi connectivity index (χ2v) is 5.15. The first-order valence-corrected chi connectivity index (χ1v) is 7.42. The van der Waals surface area contributed by atoms with E-state index in [-0.39, 0.29) is 12.4 Å². The first-order chi connectivity index (χ1) is 8.88. The topological polar surface area (TPSA) is 12.5 Å². The second-order valence-electron chi connectivity index (χ2n) is 4.88. The fourth-order valence-electron chi connectivity index (χ4n) is 2.33. The van der Waals surface area contributed by atoms with Gasteiger partial charge in [0, 0.05) is 12.4 Å². The summed E-state index contributed by atoms with van der Waals surface area (Å²) in [5.74, 6) is 1.51. The van der Waals surface area contributed by atoms with E-state index in [1.807, 2.05) is 24.3 Å². The molecule has 1 aromatic rings. The average Bonchev–Trinajstić information content (AvgIpc) is 2.68. The van der Waals surface area contributed by atoms with Gasteiger partial charge in [-0.2, -0.15) is 0 Å². The van der Waals surface area contributed by atoms with Crippen molar-refractivity contribution in [2.45, 2.75) is 31.6 Å². The largest absolute Gasteiger partial charge is 0.492 e. The summed E-state index contributed by atoms with van der Waals surface area (Å²) < 4.78 is 5.76. The van der Waals surface area contributed by atoms with Crippen molar-refractivity contribution in [1.29, 1.82) is 0 Å².